The van der Waals surface area contributed by atoms with E-state index in [0.717, 1.165) is 36.0 Å². The van der Waals surface area contributed by atoms with Crippen LogP contribution >= 0.6 is 15.9 Å². The fourth-order valence-corrected chi connectivity index (χ4v) is 7.60. The number of halogens is 1. The zero-order chi connectivity index (χ0) is 18.2. The molecule has 0 bridgehead atoms. The van der Waals surface area contributed by atoms with Gasteiger partial charge in [-0.05, 0) is 86.9 Å². The molecule has 0 saturated heterocycles. The molecule has 0 aromatic rings. The lowest BCUT2D eigenvalue weighted by Gasteiger charge is -2.55. The monoisotopic (exact) mass is 412 g/mol. The average molecular weight is 413 g/mol. The lowest BCUT2D eigenvalue weighted by Crippen LogP contribution is -2.49. The number of fused-ring (bicyclic) bond motifs is 3. The minimum absolute atomic E-state index is 0.266. The molecule has 0 aliphatic heterocycles. The van der Waals surface area contributed by atoms with Gasteiger partial charge in [-0.15, -0.1) is 0 Å². The molecule has 0 radical (unpaired) electrons. The molecule has 3 rings (SSSR count). The van der Waals surface area contributed by atoms with Crippen molar-refractivity contribution in [2.24, 2.45) is 40.9 Å². The van der Waals surface area contributed by atoms with Crippen LogP contribution in [-0.4, -0.2) is 24.3 Å². The Kier molecular flexibility index (Phi) is 6.36. The molecule has 0 N–H and O–H groups in total. The summed E-state index contributed by atoms with van der Waals surface area (Å²) in [5, 5.41) is 0.542. The molecule has 25 heavy (non-hydrogen) atoms. The molecule has 0 spiro atoms. The van der Waals surface area contributed by atoms with E-state index in [-0.39, 0.29) is 5.41 Å². The van der Waals surface area contributed by atoms with E-state index in [9.17, 15) is 4.79 Å². The van der Waals surface area contributed by atoms with Crippen LogP contribution in [0.2, 0.25) is 0 Å². The Morgan fingerprint density at radius 3 is 2.60 bits per heavy atom. The number of hydrogen-bond donors (Lipinski definition) is 0. The summed E-state index contributed by atoms with van der Waals surface area (Å²) in [6.07, 6.45) is 10.7. The summed E-state index contributed by atoms with van der Waals surface area (Å²) in [5.41, 5.74) is 0.266. The van der Waals surface area contributed by atoms with Crippen LogP contribution in [0.3, 0.4) is 0 Å². The van der Waals surface area contributed by atoms with Crippen LogP contribution in [0.25, 0.3) is 0 Å². The third-order valence-corrected chi connectivity index (χ3v) is 9.12. The largest absolute Gasteiger partial charge is 0.382 e. The number of rotatable bonds is 6. The van der Waals surface area contributed by atoms with Crippen LogP contribution in [0.1, 0.15) is 72.1 Å². The predicted molar refractivity (Wildman–Crippen MR) is 107 cm³/mol. The first-order valence-corrected chi connectivity index (χ1v) is 11.7. The predicted octanol–water partition coefficient (Wildman–Crippen LogP) is 5.87. The van der Waals surface area contributed by atoms with Gasteiger partial charge in [0.1, 0.15) is 5.78 Å². The van der Waals surface area contributed by atoms with Gasteiger partial charge in [-0.2, -0.15) is 0 Å². The first kappa shape index (κ1) is 19.9. The Morgan fingerprint density at radius 2 is 1.96 bits per heavy atom. The van der Waals surface area contributed by atoms with Crippen molar-refractivity contribution < 1.29 is 9.53 Å². The van der Waals surface area contributed by atoms with E-state index >= 15 is 0 Å². The third kappa shape index (κ3) is 3.49. The fraction of sp³-hybridized carbons (Fsp3) is 0.955. The second-order valence-electron chi connectivity index (χ2n) is 9.40. The van der Waals surface area contributed by atoms with Gasteiger partial charge in [0.25, 0.3) is 0 Å². The summed E-state index contributed by atoms with van der Waals surface area (Å²) < 4.78 is 5.65. The quantitative estimate of drug-likeness (QED) is 0.509. The molecule has 3 fully saturated rings. The normalized spacial score (nSPS) is 44.8. The van der Waals surface area contributed by atoms with E-state index in [1.165, 1.54) is 44.9 Å². The molecule has 0 aromatic heterocycles. The zero-order valence-electron chi connectivity index (χ0n) is 16.6. The van der Waals surface area contributed by atoms with Crippen molar-refractivity contribution in [2.45, 2.75) is 78.2 Å². The van der Waals surface area contributed by atoms with Gasteiger partial charge in [0.15, 0.2) is 0 Å². The Labute approximate surface area is 163 Å². The number of alkyl halides is 1. The summed E-state index contributed by atoms with van der Waals surface area (Å²) in [5.74, 6) is 4.96. The molecule has 8 atom stereocenters. The highest BCUT2D eigenvalue weighted by molar-refractivity contribution is 9.09. The zero-order valence-corrected chi connectivity index (χ0v) is 18.2. The SMILES string of the molecule is CCC1CCC2C(CCC3(C)C(C(=O)CBr)CCC23)C1CC(C)OC. The summed E-state index contributed by atoms with van der Waals surface area (Å²) >= 11 is 3.43. The summed E-state index contributed by atoms with van der Waals surface area (Å²) in [4.78, 5) is 12.5. The number of carbonyl (C=O) groups is 1. The van der Waals surface area contributed by atoms with E-state index in [0.29, 0.717) is 23.1 Å². The van der Waals surface area contributed by atoms with Crippen LogP contribution in [0.4, 0.5) is 0 Å². The molecule has 2 nitrogen and oxygen atoms in total. The van der Waals surface area contributed by atoms with Crippen molar-refractivity contribution in [2.75, 3.05) is 12.4 Å². The Morgan fingerprint density at radius 1 is 1.20 bits per heavy atom. The standard InChI is InChI=1S/C22H37BrO2/c1-5-15-6-7-17-16(18(15)12-14(2)25-4)10-11-22(3)19(17)8-9-20(22)21(24)13-23/h14-20H,5-13H2,1-4H3. The van der Waals surface area contributed by atoms with Gasteiger partial charge in [0.2, 0.25) is 0 Å². The van der Waals surface area contributed by atoms with Crippen molar-refractivity contribution >= 4 is 21.7 Å². The molecule has 3 heteroatoms. The van der Waals surface area contributed by atoms with Crippen LogP contribution in [0.15, 0.2) is 0 Å². The van der Waals surface area contributed by atoms with E-state index in [1.54, 1.807) is 0 Å². The number of hydrogen-bond acceptors (Lipinski definition) is 2. The van der Waals surface area contributed by atoms with Crippen LogP contribution in [0.5, 0.6) is 0 Å². The molecule has 3 saturated carbocycles. The van der Waals surface area contributed by atoms with Crippen molar-refractivity contribution in [1.29, 1.82) is 0 Å². The first-order valence-electron chi connectivity index (χ1n) is 10.6. The molecule has 0 heterocycles. The second-order valence-corrected chi connectivity index (χ2v) is 9.96. The molecule has 0 amide bonds. The minimum atomic E-state index is 0.266. The number of ketones is 1. The van der Waals surface area contributed by atoms with Crippen LogP contribution in [-0.2, 0) is 9.53 Å². The molecular formula is C22H37BrO2. The average Bonchev–Trinajstić information content (AvgIpc) is 2.98. The summed E-state index contributed by atoms with van der Waals surface area (Å²) in [6.45, 7) is 7.07. The van der Waals surface area contributed by atoms with Gasteiger partial charge >= 0.3 is 0 Å². The summed E-state index contributed by atoms with van der Waals surface area (Å²) in [6, 6.07) is 0. The van der Waals surface area contributed by atoms with E-state index in [4.69, 9.17) is 4.74 Å². The molecule has 8 unspecified atom stereocenters. The van der Waals surface area contributed by atoms with Crippen molar-refractivity contribution in [3.05, 3.63) is 0 Å². The van der Waals surface area contributed by atoms with Crippen LogP contribution in [0, 0.1) is 40.9 Å². The maximum Gasteiger partial charge on any atom is 0.147 e. The fourth-order valence-electron chi connectivity index (χ4n) is 7.21. The third-order valence-electron chi connectivity index (χ3n) is 8.57. The topological polar surface area (TPSA) is 26.3 Å². The maximum absolute atomic E-state index is 12.5. The highest BCUT2D eigenvalue weighted by Gasteiger charge is 2.57. The van der Waals surface area contributed by atoms with E-state index in [2.05, 4.69) is 36.7 Å². The van der Waals surface area contributed by atoms with Gasteiger partial charge in [-0.3, -0.25) is 4.79 Å². The highest BCUT2D eigenvalue weighted by Crippen LogP contribution is 2.63. The van der Waals surface area contributed by atoms with Crippen molar-refractivity contribution in [3.8, 4) is 0 Å². The van der Waals surface area contributed by atoms with E-state index < -0.39 is 0 Å². The van der Waals surface area contributed by atoms with Crippen molar-refractivity contribution in [1.82, 2.24) is 0 Å². The number of ether oxygens (including phenoxy) is 1. The lowest BCUT2D eigenvalue weighted by molar-refractivity contribution is -0.127. The van der Waals surface area contributed by atoms with Gasteiger partial charge < -0.3 is 4.74 Å². The smallest absolute Gasteiger partial charge is 0.147 e. The lowest BCUT2D eigenvalue weighted by atomic mass is 9.50. The maximum atomic E-state index is 12.5. The number of carbonyl (C=O) groups excluding carboxylic acids is 1. The highest BCUT2D eigenvalue weighted by atomic mass is 79.9. The Hall–Kier alpha value is 0.110. The van der Waals surface area contributed by atoms with Gasteiger partial charge in [0, 0.05) is 13.0 Å². The minimum Gasteiger partial charge on any atom is -0.382 e. The number of Topliss-reactive ketones (excluding diaryl/α,β-unsaturated/α-hetero) is 1. The first-order chi connectivity index (χ1) is 12.0. The Balaban J connectivity index is 1.81. The Bertz CT molecular complexity index is 479. The second kappa shape index (κ2) is 8.00. The van der Waals surface area contributed by atoms with E-state index in [1.807, 2.05) is 7.11 Å². The molecular weight excluding hydrogens is 376 g/mol. The van der Waals surface area contributed by atoms with Crippen molar-refractivity contribution in [3.63, 3.8) is 0 Å². The van der Waals surface area contributed by atoms with Gasteiger partial charge in [-0.1, -0.05) is 36.2 Å². The number of methoxy groups -OCH3 is 1. The molecule has 3 aliphatic carbocycles. The molecule has 3 aliphatic rings. The molecule has 144 valence electrons. The van der Waals surface area contributed by atoms with Crippen LogP contribution < -0.4 is 0 Å². The van der Waals surface area contributed by atoms with Gasteiger partial charge in [-0.25, -0.2) is 0 Å². The van der Waals surface area contributed by atoms with Gasteiger partial charge in [0.05, 0.1) is 11.4 Å². The molecule has 0 aromatic carbocycles. The summed E-state index contributed by atoms with van der Waals surface area (Å²) in [7, 11) is 1.86.